The van der Waals surface area contributed by atoms with Gasteiger partial charge in [0, 0.05) is 5.56 Å². The maximum Gasteiger partial charge on any atom is 0.147 e. The van der Waals surface area contributed by atoms with Crippen molar-refractivity contribution in [3.8, 4) is 5.75 Å². The number of para-hydroxylation sites is 1. The topological polar surface area (TPSA) is 37.3 Å². The molecule has 14 heavy (non-hydrogen) atoms. The Kier molecular flexibility index (Phi) is 3.69. The number of phenols is 1. The van der Waals surface area contributed by atoms with Gasteiger partial charge in [0.25, 0.3) is 0 Å². The van der Waals surface area contributed by atoms with Crippen molar-refractivity contribution in [2.75, 3.05) is 0 Å². The summed E-state index contributed by atoms with van der Waals surface area (Å²) in [7, 11) is 0. The molecule has 0 fully saturated rings. The maximum atomic E-state index is 11.1. The number of hydrogen-bond donors (Lipinski definition) is 1. The number of phenolic OH excluding ortho intramolecular Hbond substituents is 1. The number of carbonyl (C=O) groups excluding carboxylic acids is 1. The lowest BCUT2D eigenvalue weighted by Crippen LogP contribution is -2.02. The molecule has 0 spiro atoms. The van der Waals surface area contributed by atoms with Crippen molar-refractivity contribution < 1.29 is 9.90 Å². The van der Waals surface area contributed by atoms with Crippen molar-refractivity contribution in [3.05, 3.63) is 29.3 Å². The van der Waals surface area contributed by atoms with Crippen LogP contribution in [0.15, 0.2) is 18.2 Å². The number of halogens is 1. The molecule has 3 heteroatoms. The number of hydrogen-bond acceptors (Lipinski definition) is 2. The minimum Gasteiger partial charge on any atom is -0.507 e. The van der Waals surface area contributed by atoms with Crippen molar-refractivity contribution in [1.82, 2.24) is 0 Å². The van der Waals surface area contributed by atoms with Crippen LogP contribution in [0.25, 0.3) is 0 Å². The van der Waals surface area contributed by atoms with Gasteiger partial charge in [0.15, 0.2) is 0 Å². The summed E-state index contributed by atoms with van der Waals surface area (Å²) in [5, 5.41) is 9.83. The van der Waals surface area contributed by atoms with Crippen LogP contribution in [0.4, 0.5) is 0 Å². The Hall–Kier alpha value is -0.830. The van der Waals surface area contributed by atoms with Crippen LogP contribution in [0.3, 0.4) is 0 Å². The fraction of sp³-hybridized carbons (Fsp3) is 0.364. The van der Waals surface area contributed by atoms with Gasteiger partial charge in [-0.1, -0.05) is 41.1 Å². The Labute approximate surface area is 92.1 Å². The molecule has 1 aromatic rings. The monoisotopic (exact) mass is 256 g/mol. The van der Waals surface area contributed by atoms with E-state index in [1.807, 2.05) is 19.1 Å². The molecular weight excluding hydrogens is 244 g/mol. The lowest BCUT2D eigenvalue weighted by atomic mass is 10.0. The molecule has 2 nitrogen and oxygen atoms in total. The van der Waals surface area contributed by atoms with Gasteiger partial charge in [-0.3, -0.25) is 4.79 Å². The molecule has 0 saturated carbocycles. The Morgan fingerprint density at radius 2 is 2.21 bits per heavy atom. The first-order valence-electron chi connectivity index (χ1n) is 4.53. The summed E-state index contributed by atoms with van der Waals surface area (Å²) in [6.07, 6.45) is 0.761. The minimum atomic E-state index is -0.408. The first kappa shape index (κ1) is 11.2. The summed E-state index contributed by atoms with van der Waals surface area (Å²) in [6.45, 7) is 3.47. The quantitative estimate of drug-likeness (QED) is 0.845. The van der Waals surface area contributed by atoms with E-state index in [4.69, 9.17) is 0 Å². The van der Waals surface area contributed by atoms with Gasteiger partial charge < -0.3 is 5.11 Å². The zero-order valence-corrected chi connectivity index (χ0v) is 9.84. The first-order valence-corrected chi connectivity index (χ1v) is 5.44. The largest absolute Gasteiger partial charge is 0.507 e. The highest BCUT2D eigenvalue weighted by Gasteiger charge is 2.17. The van der Waals surface area contributed by atoms with Crippen LogP contribution < -0.4 is 0 Å². The molecule has 0 amide bonds. The lowest BCUT2D eigenvalue weighted by molar-refractivity contribution is -0.116. The molecule has 1 atom stereocenters. The zero-order chi connectivity index (χ0) is 10.7. The molecule has 0 aliphatic heterocycles. The van der Waals surface area contributed by atoms with Gasteiger partial charge in [0.05, 0.1) is 0 Å². The van der Waals surface area contributed by atoms with Crippen molar-refractivity contribution in [2.24, 2.45) is 0 Å². The SMILES string of the molecule is CCc1cccc(C(Br)C(C)=O)c1O. The summed E-state index contributed by atoms with van der Waals surface area (Å²) in [5.41, 5.74) is 1.52. The Balaban J connectivity index is 3.15. The van der Waals surface area contributed by atoms with Gasteiger partial charge in [-0.15, -0.1) is 0 Å². The van der Waals surface area contributed by atoms with Crippen LogP contribution in [0.2, 0.25) is 0 Å². The van der Waals surface area contributed by atoms with Crippen molar-refractivity contribution >= 4 is 21.7 Å². The third-order valence-electron chi connectivity index (χ3n) is 2.16. The summed E-state index contributed by atoms with van der Waals surface area (Å²) in [5.74, 6) is 0.223. The summed E-state index contributed by atoms with van der Waals surface area (Å²) in [6, 6.07) is 5.47. The van der Waals surface area contributed by atoms with Crippen molar-refractivity contribution in [3.63, 3.8) is 0 Å². The van der Waals surface area contributed by atoms with Gasteiger partial charge in [-0.25, -0.2) is 0 Å². The van der Waals surface area contributed by atoms with E-state index in [0.717, 1.165) is 12.0 Å². The second-order valence-electron chi connectivity index (χ2n) is 3.18. The highest BCUT2D eigenvalue weighted by molar-refractivity contribution is 9.09. The Morgan fingerprint density at radius 1 is 1.57 bits per heavy atom. The van der Waals surface area contributed by atoms with E-state index in [2.05, 4.69) is 15.9 Å². The van der Waals surface area contributed by atoms with Gasteiger partial charge in [-0.2, -0.15) is 0 Å². The van der Waals surface area contributed by atoms with E-state index in [-0.39, 0.29) is 11.5 Å². The van der Waals surface area contributed by atoms with Gasteiger partial charge >= 0.3 is 0 Å². The van der Waals surface area contributed by atoms with Crippen LogP contribution >= 0.6 is 15.9 Å². The van der Waals surface area contributed by atoms with Crippen LogP contribution in [-0.2, 0) is 11.2 Å². The normalized spacial score (nSPS) is 12.5. The highest BCUT2D eigenvalue weighted by Crippen LogP contribution is 2.33. The molecule has 76 valence electrons. The van der Waals surface area contributed by atoms with E-state index >= 15 is 0 Å². The number of alkyl halides is 1. The summed E-state index contributed by atoms with van der Waals surface area (Å²) < 4.78 is 0. The number of Topliss-reactive ketones (excluding diaryl/α,β-unsaturated/α-hetero) is 1. The van der Waals surface area contributed by atoms with Crippen molar-refractivity contribution in [2.45, 2.75) is 25.1 Å². The smallest absolute Gasteiger partial charge is 0.147 e. The number of benzene rings is 1. The second-order valence-corrected chi connectivity index (χ2v) is 4.10. The molecular formula is C11H13BrO2. The molecule has 1 N–H and O–H groups in total. The average molecular weight is 257 g/mol. The fourth-order valence-corrected chi connectivity index (χ4v) is 1.69. The molecule has 1 rings (SSSR count). The first-order chi connectivity index (χ1) is 6.57. The van der Waals surface area contributed by atoms with E-state index in [1.54, 1.807) is 6.07 Å². The summed E-state index contributed by atoms with van der Waals surface area (Å²) >= 11 is 3.25. The Bertz CT molecular complexity index is 347. The third-order valence-corrected chi connectivity index (χ3v) is 3.30. The highest BCUT2D eigenvalue weighted by atomic mass is 79.9. The van der Waals surface area contributed by atoms with Crippen LogP contribution in [0.1, 0.15) is 29.8 Å². The van der Waals surface area contributed by atoms with E-state index in [9.17, 15) is 9.90 Å². The molecule has 0 saturated heterocycles. The second kappa shape index (κ2) is 4.60. The molecule has 0 radical (unpaired) electrons. The Morgan fingerprint density at radius 3 is 2.71 bits per heavy atom. The van der Waals surface area contributed by atoms with Crippen LogP contribution in [-0.4, -0.2) is 10.9 Å². The van der Waals surface area contributed by atoms with E-state index < -0.39 is 4.83 Å². The number of aryl methyl sites for hydroxylation is 1. The van der Waals surface area contributed by atoms with Gasteiger partial charge in [0.1, 0.15) is 16.4 Å². The standard InChI is InChI=1S/C11H13BrO2/c1-3-8-5-4-6-9(11(8)14)10(12)7(2)13/h4-6,10,14H,3H2,1-2H3. The van der Waals surface area contributed by atoms with E-state index in [0.29, 0.717) is 5.56 Å². The molecule has 0 aliphatic rings. The van der Waals surface area contributed by atoms with Crippen LogP contribution in [0.5, 0.6) is 5.75 Å². The third kappa shape index (κ3) is 2.15. The minimum absolute atomic E-state index is 0.00597. The van der Waals surface area contributed by atoms with Crippen molar-refractivity contribution in [1.29, 1.82) is 0 Å². The number of carbonyl (C=O) groups is 1. The molecule has 0 heterocycles. The number of rotatable bonds is 3. The predicted molar refractivity (Wildman–Crippen MR) is 59.8 cm³/mol. The molecule has 1 aromatic carbocycles. The lowest BCUT2D eigenvalue weighted by Gasteiger charge is -2.11. The molecule has 1 unspecified atom stereocenters. The van der Waals surface area contributed by atoms with Crippen LogP contribution in [0, 0.1) is 0 Å². The number of ketones is 1. The molecule has 0 aromatic heterocycles. The van der Waals surface area contributed by atoms with Gasteiger partial charge in [0.2, 0.25) is 0 Å². The molecule has 0 bridgehead atoms. The van der Waals surface area contributed by atoms with E-state index in [1.165, 1.54) is 6.92 Å². The fourth-order valence-electron chi connectivity index (χ4n) is 1.32. The zero-order valence-electron chi connectivity index (χ0n) is 8.25. The summed E-state index contributed by atoms with van der Waals surface area (Å²) in [4.78, 5) is 10.7. The maximum absolute atomic E-state index is 11.1. The van der Waals surface area contributed by atoms with Gasteiger partial charge in [-0.05, 0) is 18.9 Å². The molecule has 0 aliphatic carbocycles. The average Bonchev–Trinajstić information content (AvgIpc) is 2.17. The number of aromatic hydroxyl groups is 1. The predicted octanol–water partition coefficient (Wildman–Crippen LogP) is 2.98.